The summed E-state index contributed by atoms with van der Waals surface area (Å²) in [5.41, 5.74) is 1.30. The fourth-order valence-corrected chi connectivity index (χ4v) is 25.5. The van der Waals surface area contributed by atoms with Gasteiger partial charge >= 0.3 is 11.9 Å². The van der Waals surface area contributed by atoms with Crippen molar-refractivity contribution in [3.05, 3.63) is 24.3 Å². The summed E-state index contributed by atoms with van der Waals surface area (Å²) in [7, 11) is -0.181. The van der Waals surface area contributed by atoms with Crippen LogP contribution in [-0.2, 0) is 18.8 Å². The normalized spacial score (nSPS) is 48.6. The van der Waals surface area contributed by atoms with Gasteiger partial charge in [-0.15, -0.1) is 0 Å². The number of rotatable bonds is 11. The van der Waals surface area contributed by atoms with E-state index >= 15 is 0 Å². The summed E-state index contributed by atoms with van der Waals surface area (Å²) in [5, 5.41) is 63.0. The van der Waals surface area contributed by atoms with Crippen LogP contribution >= 0.6 is 22.6 Å². The van der Waals surface area contributed by atoms with Crippen LogP contribution in [0.1, 0.15) is 227 Å². The number of carbonyl (C=O) groups is 2. The number of hydrogen-bond acceptors (Lipinski definition) is 9. The third kappa shape index (κ3) is 10.4. The van der Waals surface area contributed by atoms with E-state index in [-0.39, 0.29) is 76.7 Å². The number of esters is 1. The minimum Gasteiger partial charge on any atom is -0.481 e. The van der Waals surface area contributed by atoms with Gasteiger partial charge in [-0.3, -0.25) is 9.59 Å². The third-order valence-electron chi connectivity index (χ3n) is 29.9. The first kappa shape index (κ1) is 68.0. The molecule has 0 amide bonds. The summed E-state index contributed by atoms with van der Waals surface area (Å²) in [6, 6.07) is 0. The van der Waals surface area contributed by atoms with E-state index in [2.05, 4.69) is 139 Å². The van der Waals surface area contributed by atoms with Crippen LogP contribution in [0, 0.1) is 113 Å². The number of carboxylic acids is 1. The van der Waals surface area contributed by atoms with Gasteiger partial charge in [-0.1, -0.05) is 130 Å². The van der Waals surface area contributed by atoms with Gasteiger partial charge in [0, 0.05) is 23.2 Å². The first-order valence-corrected chi connectivity index (χ1v) is 37.5. The van der Waals surface area contributed by atoms with Gasteiger partial charge in [0.1, 0.15) is 6.61 Å². The van der Waals surface area contributed by atoms with Gasteiger partial charge in [0.15, 0.2) is 8.32 Å². The van der Waals surface area contributed by atoms with Crippen molar-refractivity contribution in [1.29, 1.82) is 0 Å². The lowest BCUT2D eigenvalue weighted by Gasteiger charge is -2.72. The summed E-state index contributed by atoms with van der Waals surface area (Å²) >= 11 is 2.35. The van der Waals surface area contributed by atoms with Crippen molar-refractivity contribution in [2.45, 2.75) is 256 Å². The van der Waals surface area contributed by atoms with Crippen molar-refractivity contribution in [2.75, 3.05) is 37.5 Å². The Morgan fingerprint density at radius 1 is 0.578 bits per heavy atom. The second-order valence-corrected chi connectivity index (χ2v) is 39.5. The van der Waals surface area contributed by atoms with Gasteiger partial charge in [-0.2, -0.15) is 0 Å². The van der Waals surface area contributed by atoms with Crippen LogP contribution in [0.25, 0.3) is 0 Å². The number of aliphatic hydroxyl groups is 5. The van der Waals surface area contributed by atoms with Crippen LogP contribution in [0.3, 0.4) is 0 Å². The zero-order valence-corrected chi connectivity index (χ0v) is 58.6. The zero-order chi connectivity index (χ0) is 63.0. The molecule has 10 rings (SSSR count). The second kappa shape index (κ2) is 24.1. The lowest BCUT2D eigenvalue weighted by molar-refractivity contribution is -0.254. The molecule has 10 nitrogen and oxygen atoms in total. The van der Waals surface area contributed by atoms with E-state index in [1.807, 2.05) is 0 Å². The van der Waals surface area contributed by atoms with E-state index in [1.54, 1.807) is 0 Å². The number of hydrogen-bond donors (Lipinski definition) is 6. The third-order valence-corrected chi connectivity index (χ3v) is 34.9. The molecule has 0 radical (unpaired) electrons. The van der Waals surface area contributed by atoms with Crippen molar-refractivity contribution in [2.24, 2.45) is 113 Å². The largest absolute Gasteiger partial charge is 0.481 e. The van der Waals surface area contributed by atoms with Crippen LogP contribution in [0.4, 0.5) is 0 Å². The Hall–Kier alpha value is -0.873. The fourth-order valence-electron chi connectivity index (χ4n) is 23.8. The maximum absolute atomic E-state index is 13.6. The molecule has 0 aliphatic heterocycles. The molecule has 0 aromatic heterocycles. The van der Waals surface area contributed by atoms with E-state index in [1.165, 1.54) is 18.5 Å². The van der Waals surface area contributed by atoms with E-state index in [0.29, 0.717) is 52.4 Å². The van der Waals surface area contributed by atoms with E-state index in [4.69, 9.17) is 10.5 Å². The lowest BCUT2D eigenvalue weighted by atomic mass is 9.32. The molecule has 8 unspecified atom stereocenters. The first-order chi connectivity index (χ1) is 39.0. The summed E-state index contributed by atoms with van der Waals surface area (Å²) in [6.07, 6.45) is 19.1. The van der Waals surface area contributed by atoms with E-state index < -0.39 is 48.2 Å². The summed E-state index contributed by atoms with van der Waals surface area (Å²) in [4.78, 5) is 26.4. The van der Waals surface area contributed by atoms with Crippen LogP contribution < -0.4 is 0 Å². The maximum Gasteiger partial charge on any atom is 0.312 e. The molecule has 0 saturated heterocycles. The van der Waals surface area contributed by atoms with Crippen molar-refractivity contribution in [3.8, 4) is 0 Å². The van der Waals surface area contributed by atoms with Crippen molar-refractivity contribution < 1.29 is 50.8 Å². The Morgan fingerprint density at radius 2 is 0.988 bits per heavy atom. The van der Waals surface area contributed by atoms with Gasteiger partial charge in [-0.05, 0) is 252 Å². The number of halogens is 1. The second-order valence-electron chi connectivity index (χ2n) is 33.6. The fraction of sp³-hybridized carbons (Fsp3) is 0.915. The number of alkyl halides is 1. The maximum atomic E-state index is 13.6. The standard InChI is InChI=1S/C32H52O5.C30H48O4.C8H19IOSi.CH4/c1-20(2)21-9-14-32(27(36)37-18-17-33)16-15-30(5)22(26(21)32)7-8-24-28(3)12-11-25(35)29(4,19-34)23(28)10-13-31(24,30)6;1-18(2)19-9-14-30(25(33)34)16-15-28(5)20(24(19)30)7-8-22-26(3)12-11-23(32)27(4,17-31)21(26)10-13-29(22,28)6;1-8(2,3)11(4,5)10-7-6-9;/h21-26,33-35H,1,7-19H2,2-6H3;19-24,31-32H,1,7-17H2,2-6H3,(H,33,34);6-7H2,1-5H3;1H4/t21-,22?,23?,24?,25-,26?,28-,29-,30+,31+,32-;19-,20?,21?,22?,23-,24?,26-,27-,28+,29+,30-;;/m00../s1/i;;;1D. The van der Waals surface area contributed by atoms with Gasteiger partial charge in [-0.25, -0.2) is 0 Å². The number of aliphatic hydroxyl groups excluding tert-OH is 5. The lowest BCUT2D eigenvalue weighted by Crippen LogP contribution is -2.67. The molecule has 6 N–H and O–H groups in total. The smallest absolute Gasteiger partial charge is 0.312 e. The summed E-state index contributed by atoms with van der Waals surface area (Å²) in [6.45, 7) is 44.8. The van der Waals surface area contributed by atoms with Gasteiger partial charge in [0.05, 0.1) is 42.9 Å². The number of aliphatic carboxylic acids is 1. The molecular formula is C71H123IO10Si. The van der Waals surface area contributed by atoms with Crippen molar-refractivity contribution in [1.82, 2.24) is 0 Å². The van der Waals surface area contributed by atoms with Crippen LogP contribution in [0.2, 0.25) is 18.1 Å². The Kier molecular flexibility index (Phi) is 19.7. The number of allylic oxidation sites excluding steroid dienone is 2. The molecule has 0 aromatic carbocycles. The topological polar surface area (TPSA) is 174 Å². The first-order valence-electron chi connectivity index (χ1n) is 34.1. The number of ether oxygens (including phenoxy) is 1. The molecule has 10 saturated carbocycles. The monoisotopic (exact) mass is 1290 g/mol. The molecule has 12 heteroatoms. The molecule has 10 fully saturated rings. The predicted octanol–water partition coefficient (Wildman–Crippen LogP) is 15.7. The van der Waals surface area contributed by atoms with Crippen molar-refractivity contribution in [3.63, 3.8) is 0 Å². The van der Waals surface area contributed by atoms with Gasteiger partial charge in [0.25, 0.3) is 0 Å². The SMILES string of the molecule is C=C(C)[C@@H]1CC[C@]2(C(=O)O)CC[C@]3(C)C(CCC4[C@@]5(C)CC[C@H](O)[C@@](C)(CO)C5CC[C@]43C)C12.C=C(C)[C@@H]1CC[C@]2(C(=O)OCCO)CC[C@]3(C)C(CCC4[C@@]5(C)CC[C@H](O)[C@@](C)(CO)C5CC[C@]43C)C12.CC(C)(C)[Si](C)(C)OCCI.[2H]C. The highest BCUT2D eigenvalue weighted by Crippen LogP contribution is 2.80. The van der Waals surface area contributed by atoms with E-state index in [9.17, 15) is 40.2 Å². The molecule has 22 atom stereocenters. The number of fused-ring (bicyclic) bond motifs is 14. The van der Waals surface area contributed by atoms with Crippen molar-refractivity contribution >= 4 is 42.8 Å². The van der Waals surface area contributed by atoms with Crippen LogP contribution in [-0.4, -0.2) is 101 Å². The minimum atomic E-state index is -1.43. The average molecular weight is 1290 g/mol. The summed E-state index contributed by atoms with van der Waals surface area (Å²) < 4.78 is 18.4. The summed E-state index contributed by atoms with van der Waals surface area (Å²) in [5.74, 6) is 3.16. The highest BCUT2D eigenvalue weighted by atomic mass is 127. The molecule has 478 valence electrons. The predicted molar refractivity (Wildman–Crippen MR) is 347 cm³/mol. The number of carbonyl (C=O) groups excluding carboxylic acids is 1. The van der Waals surface area contributed by atoms with Gasteiger partial charge in [0.2, 0.25) is 0 Å². The molecule has 10 aliphatic rings. The highest BCUT2D eigenvalue weighted by molar-refractivity contribution is 14.1. The van der Waals surface area contributed by atoms with Gasteiger partial charge < -0.3 is 39.8 Å². The Bertz CT molecular complexity index is 2380. The average Bonchev–Trinajstić information content (AvgIpc) is 0.983. The van der Waals surface area contributed by atoms with E-state index in [0.717, 1.165) is 139 Å². The molecule has 0 spiro atoms. The Labute approximate surface area is 521 Å². The highest BCUT2D eigenvalue weighted by Gasteiger charge is 2.75. The molecule has 0 heterocycles. The molecular weight excluding hydrogens is 1170 g/mol. The number of carboxylic acid groups (broad SMARTS) is 1. The Morgan fingerprint density at radius 3 is 1.36 bits per heavy atom. The Balaban J connectivity index is 0.000000200. The molecule has 10 aliphatic carbocycles. The van der Waals surface area contributed by atoms with Crippen LogP contribution in [0.15, 0.2) is 24.3 Å². The molecule has 0 aromatic rings. The minimum absolute atomic E-state index is 0.0542. The zero-order valence-electron chi connectivity index (χ0n) is 56.4. The van der Waals surface area contributed by atoms with Crippen LogP contribution in [0.5, 0.6) is 0 Å². The molecule has 0 bridgehead atoms. The quantitative estimate of drug-likeness (QED) is 0.0384. The molecule has 83 heavy (non-hydrogen) atoms.